The Kier molecular flexibility index (Phi) is 6.63. The van der Waals surface area contributed by atoms with Gasteiger partial charge in [0.25, 0.3) is 15.9 Å². The van der Waals surface area contributed by atoms with Crippen LogP contribution in [0.2, 0.25) is 5.02 Å². The van der Waals surface area contributed by atoms with Crippen LogP contribution in [-0.4, -0.2) is 45.4 Å². The molecule has 1 aliphatic heterocycles. The van der Waals surface area contributed by atoms with Crippen LogP contribution in [-0.2, 0) is 10.0 Å². The third-order valence-electron chi connectivity index (χ3n) is 5.79. The normalized spacial score (nSPS) is 14.3. The SMILES string of the molecule is Cc1ccc(S(=O)(=O)Nc2ccc(C(=O)N3CCN(c4cccc(Cl)c4)CC3)cc2C)cc1. The Labute approximate surface area is 199 Å². The smallest absolute Gasteiger partial charge is 0.261 e. The third kappa shape index (κ3) is 5.31. The standard InChI is InChI=1S/C25H26ClN3O3S/c1-18-6-9-23(10-7-18)33(31,32)27-24-11-8-20(16-19(24)2)25(30)29-14-12-28(13-15-29)22-5-3-4-21(26)17-22/h3-11,16-17,27H,12-15H2,1-2H3. The van der Waals surface area contributed by atoms with E-state index in [9.17, 15) is 13.2 Å². The average Bonchev–Trinajstić information content (AvgIpc) is 2.80. The fourth-order valence-electron chi connectivity index (χ4n) is 3.86. The minimum Gasteiger partial charge on any atom is -0.368 e. The van der Waals surface area contributed by atoms with Gasteiger partial charge in [-0.2, -0.15) is 0 Å². The molecule has 33 heavy (non-hydrogen) atoms. The highest BCUT2D eigenvalue weighted by molar-refractivity contribution is 7.92. The first-order valence-corrected chi connectivity index (χ1v) is 12.6. The lowest BCUT2D eigenvalue weighted by Gasteiger charge is -2.36. The molecule has 1 amide bonds. The number of rotatable bonds is 5. The summed E-state index contributed by atoms with van der Waals surface area (Å²) in [5, 5.41) is 0.694. The molecule has 8 heteroatoms. The number of carbonyl (C=O) groups is 1. The molecule has 0 aromatic heterocycles. The van der Waals surface area contributed by atoms with E-state index in [1.165, 1.54) is 0 Å². The molecule has 0 bridgehead atoms. The number of halogens is 1. The van der Waals surface area contributed by atoms with Gasteiger partial charge in [-0.3, -0.25) is 9.52 Å². The van der Waals surface area contributed by atoms with Crippen LogP contribution in [0.4, 0.5) is 11.4 Å². The monoisotopic (exact) mass is 483 g/mol. The molecule has 3 aromatic rings. The molecule has 0 saturated carbocycles. The molecular weight excluding hydrogens is 458 g/mol. The molecule has 0 atom stereocenters. The van der Waals surface area contributed by atoms with Gasteiger partial charge in [-0.05, 0) is 67.9 Å². The first kappa shape index (κ1) is 23.1. The summed E-state index contributed by atoms with van der Waals surface area (Å²) in [5.74, 6) is -0.0585. The fourth-order valence-corrected chi connectivity index (χ4v) is 5.17. The van der Waals surface area contributed by atoms with E-state index in [1.807, 2.05) is 36.1 Å². The van der Waals surface area contributed by atoms with Gasteiger partial charge >= 0.3 is 0 Å². The lowest BCUT2D eigenvalue weighted by molar-refractivity contribution is 0.0746. The highest BCUT2D eigenvalue weighted by Crippen LogP contribution is 2.24. The van der Waals surface area contributed by atoms with E-state index in [2.05, 4.69) is 9.62 Å². The second-order valence-electron chi connectivity index (χ2n) is 8.21. The van der Waals surface area contributed by atoms with Crippen LogP contribution in [0.15, 0.2) is 71.6 Å². The summed E-state index contributed by atoms with van der Waals surface area (Å²) in [6, 6.07) is 19.4. The van der Waals surface area contributed by atoms with Crippen molar-refractivity contribution < 1.29 is 13.2 Å². The van der Waals surface area contributed by atoms with E-state index in [0.29, 0.717) is 34.9 Å². The van der Waals surface area contributed by atoms with Gasteiger partial charge in [-0.15, -0.1) is 0 Å². The van der Waals surface area contributed by atoms with Crippen LogP contribution in [0.3, 0.4) is 0 Å². The van der Waals surface area contributed by atoms with Crippen LogP contribution >= 0.6 is 11.6 Å². The van der Waals surface area contributed by atoms with Gasteiger partial charge in [0.15, 0.2) is 0 Å². The van der Waals surface area contributed by atoms with Crippen LogP contribution in [0, 0.1) is 13.8 Å². The van der Waals surface area contributed by atoms with Crippen molar-refractivity contribution in [2.24, 2.45) is 0 Å². The summed E-state index contributed by atoms with van der Waals surface area (Å²) in [7, 11) is -3.70. The largest absolute Gasteiger partial charge is 0.368 e. The van der Waals surface area contributed by atoms with E-state index in [-0.39, 0.29) is 10.8 Å². The Balaban J connectivity index is 1.42. The van der Waals surface area contributed by atoms with Gasteiger partial charge in [0.05, 0.1) is 10.6 Å². The van der Waals surface area contributed by atoms with Gasteiger partial charge in [0.2, 0.25) is 0 Å². The highest BCUT2D eigenvalue weighted by Gasteiger charge is 2.23. The number of hydrogen-bond acceptors (Lipinski definition) is 4. The van der Waals surface area contributed by atoms with Gasteiger partial charge < -0.3 is 9.80 Å². The maximum Gasteiger partial charge on any atom is 0.261 e. The Morgan fingerprint density at radius 1 is 0.909 bits per heavy atom. The third-order valence-corrected chi connectivity index (χ3v) is 7.41. The van der Waals surface area contributed by atoms with Crippen molar-refractivity contribution in [3.05, 3.63) is 88.4 Å². The summed E-state index contributed by atoms with van der Waals surface area (Å²) in [6.07, 6.45) is 0. The van der Waals surface area contributed by atoms with Gasteiger partial charge in [-0.1, -0.05) is 35.4 Å². The molecule has 4 rings (SSSR count). The number of benzene rings is 3. The fraction of sp³-hybridized carbons (Fsp3) is 0.240. The average molecular weight is 484 g/mol. The molecule has 0 aliphatic carbocycles. The molecule has 3 aromatic carbocycles. The zero-order valence-corrected chi connectivity index (χ0v) is 20.2. The van der Waals surface area contributed by atoms with Crippen molar-refractivity contribution in [2.75, 3.05) is 35.8 Å². The molecule has 0 radical (unpaired) electrons. The second-order valence-corrected chi connectivity index (χ2v) is 10.3. The number of nitrogens with one attached hydrogen (secondary N) is 1. The molecular formula is C25H26ClN3O3S. The van der Waals surface area contributed by atoms with Gasteiger partial charge in [0.1, 0.15) is 0 Å². The van der Waals surface area contributed by atoms with Crippen LogP contribution in [0.5, 0.6) is 0 Å². The molecule has 1 saturated heterocycles. The van der Waals surface area contributed by atoms with Crippen molar-refractivity contribution in [1.29, 1.82) is 0 Å². The molecule has 1 heterocycles. The Morgan fingerprint density at radius 3 is 2.24 bits per heavy atom. The van der Waals surface area contributed by atoms with Crippen molar-refractivity contribution in [1.82, 2.24) is 4.90 Å². The predicted molar refractivity (Wildman–Crippen MR) is 133 cm³/mol. The quantitative estimate of drug-likeness (QED) is 0.570. The topological polar surface area (TPSA) is 69.7 Å². The zero-order chi connectivity index (χ0) is 23.6. The molecule has 6 nitrogen and oxygen atoms in total. The maximum absolute atomic E-state index is 13.0. The van der Waals surface area contributed by atoms with Crippen molar-refractivity contribution in [3.63, 3.8) is 0 Å². The Hall–Kier alpha value is -3.03. The minimum atomic E-state index is -3.70. The van der Waals surface area contributed by atoms with Crippen molar-refractivity contribution >= 4 is 38.9 Å². The van der Waals surface area contributed by atoms with Gasteiger partial charge in [0, 0.05) is 42.5 Å². The van der Waals surface area contributed by atoms with E-state index in [1.54, 1.807) is 49.4 Å². The van der Waals surface area contributed by atoms with Crippen LogP contribution < -0.4 is 9.62 Å². The molecule has 0 unspecified atom stereocenters. The second kappa shape index (κ2) is 9.45. The molecule has 0 spiro atoms. The number of hydrogen-bond donors (Lipinski definition) is 1. The molecule has 1 N–H and O–H groups in total. The Morgan fingerprint density at radius 2 is 1.61 bits per heavy atom. The Bertz CT molecular complexity index is 1270. The predicted octanol–water partition coefficient (Wildman–Crippen LogP) is 4.72. The van der Waals surface area contributed by atoms with E-state index in [0.717, 1.165) is 24.3 Å². The first-order valence-electron chi connectivity index (χ1n) is 10.7. The maximum atomic E-state index is 13.0. The number of piperazine rings is 1. The lowest BCUT2D eigenvalue weighted by atomic mass is 10.1. The summed E-state index contributed by atoms with van der Waals surface area (Å²) in [6.45, 7) is 6.35. The number of nitrogens with zero attached hydrogens (tertiary/aromatic N) is 2. The van der Waals surface area contributed by atoms with Crippen molar-refractivity contribution in [2.45, 2.75) is 18.7 Å². The van der Waals surface area contributed by atoms with Gasteiger partial charge in [-0.25, -0.2) is 8.42 Å². The highest BCUT2D eigenvalue weighted by atomic mass is 35.5. The zero-order valence-electron chi connectivity index (χ0n) is 18.6. The van der Waals surface area contributed by atoms with Crippen LogP contribution in [0.1, 0.15) is 21.5 Å². The number of sulfonamides is 1. The minimum absolute atomic E-state index is 0.0585. The van der Waals surface area contributed by atoms with E-state index >= 15 is 0 Å². The number of aryl methyl sites for hydroxylation is 2. The number of anilines is 2. The van der Waals surface area contributed by atoms with E-state index < -0.39 is 10.0 Å². The number of carbonyl (C=O) groups excluding carboxylic acids is 1. The van der Waals surface area contributed by atoms with Crippen molar-refractivity contribution in [3.8, 4) is 0 Å². The lowest BCUT2D eigenvalue weighted by Crippen LogP contribution is -2.48. The van der Waals surface area contributed by atoms with Crippen LogP contribution in [0.25, 0.3) is 0 Å². The van der Waals surface area contributed by atoms with E-state index in [4.69, 9.17) is 11.6 Å². The number of amides is 1. The summed E-state index contributed by atoms with van der Waals surface area (Å²) in [5.41, 5.74) is 3.73. The summed E-state index contributed by atoms with van der Waals surface area (Å²) < 4.78 is 28.0. The summed E-state index contributed by atoms with van der Waals surface area (Å²) >= 11 is 6.10. The first-order chi connectivity index (χ1) is 15.7. The molecule has 1 aliphatic rings. The molecule has 172 valence electrons. The summed E-state index contributed by atoms with van der Waals surface area (Å²) in [4.78, 5) is 17.3. The molecule has 1 fully saturated rings.